The maximum Gasteiger partial charge on any atom is 0.303 e. The Bertz CT molecular complexity index is 591. The van der Waals surface area contributed by atoms with Gasteiger partial charge < -0.3 is 14.4 Å². The first kappa shape index (κ1) is 13.4. The zero-order valence-corrected chi connectivity index (χ0v) is 11.4. The van der Waals surface area contributed by atoms with Crippen LogP contribution in [0.3, 0.4) is 0 Å². The van der Waals surface area contributed by atoms with Crippen LogP contribution in [0.1, 0.15) is 19.2 Å². The number of aryl methyl sites for hydroxylation is 1. The van der Waals surface area contributed by atoms with Gasteiger partial charge in [0.2, 0.25) is 0 Å². The number of nitrogens with zero attached hydrogens (tertiary/aromatic N) is 2. The topological polar surface area (TPSA) is 66.6 Å². The summed E-state index contributed by atoms with van der Waals surface area (Å²) in [5.74, 6) is -0.0223. The van der Waals surface area contributed by atoms with Crippen LogP contribution in [0.15, 0.2) is 22.6 Å². The number of hydrogen-bond acceptors (Lipinski definition) is 4. The van der Waals surface area contributed by atoms with Crippen molar-refractivity contribution < 1.29 is 14.3 Å². The number of oxazole rings is 1. The second-order valence-electron chi connectivity index (χ2n) is 4.97. The van der Waals surface area contributed by atoms with Crippen molar-refractivity contribution in [3.63, 3.8) is 0 Å². The minimum absolute atomic E-state index is 0.0923. The molecule has 0 aliphatic carbocycles. The van der Waals surface area contributed by atoms with Gasteiger partial charge in [0, 0.05) is 38.7 Å². The summed E-state index contributed by atoms with van der Waals surface area (Å²) in [4.78, 5) is 16.9. The zero-order valence-electron chi connectivity index (χ0n) is 11.4. The smallest absolute Gasteiger partial charge is 0.303 e. The third-order valence-corrected chi connectivity index (χ3v) is 3.03. The summed E-state index contributed by atoms with van der Waals surface area (Å²) >= 11 is 0. The molecule has 0 amide bonds. The third-order valence-electron chi connectivity index (χ3n) is 3.03. The van der Waals surface area contributed by atoms with Crippen LogP contribution in [0.5, 0.6) is 0 Å². The quantitative estimate of drug-likeness (QED) is 0.897. The molecular formula is C14H18N2O3. The maximum absolute atomic E-state index is 10.7. The van der Waals surface area contributed by atoms with Crippen LogP contribution in [-0.2, 0) is 4.79 Å². The van der Waals surface area contributed by atoms with Crippen molar-refractivity contribution in [1.82, 2.24) is 4.98 Å². The van der Waals surface area contributed by atoms with Crippen molar-refractivity contribution >= 4 is 22.8 Å². The molecule has 0 fully saturated rings. The van der Waals surface area contributed by atoms with Crippen LogP contribution < -0.4 is 4.90 Å². The lowest BCUT2D eigenvalue weighted by Gasteiger charge is -2.22. The fraction of sp³-hybridized carbons (Fsp3) is 0.429. The van der Waals surface area contributed by atoms with Crippen molar-refractivity contribution in [3.8, 4) is 0 Å². The largest absolute Gasteiger partial charge is 0.481 e. The fourth-order valence-electron chi connectivity index (χ4n) is 2.20. The van der Waals surface area contributed by atoms with Gasteiger partial charge in [-0.15, -0.1) is 0 Å². The molecule has 0 aliphatic heterocycles. The van der Waals surface area contributed by atoms with E-state index in [1.165, 1.54) is 0 Å². The Kier molecular flexibility index (Phi) is 3.74. The monoisotopic (exact) mass is 262 g/mol. The average Bonchev–Trinajstić information content (AvgIpc) is 2.66. The summed E-state index contributed by atoms with van der Waals surface area (Å²) in [5, 5.41) is 8.77. The number of aromatic nitrogens is 1. The number of fused-ring (bicyclic) bond motifs is 1. The predicted octanol–water partition coefficient (Wildman–Crippen LogP) is 2.68. The third kappa shape index (κ3) is 3.24. The van der Waals surface area contributed by atoms with E-state index in [2.05, 4.69) is 4.98 Å². The highest BCUT2D eigenvalue weighted by Gasteiger charge is 2.12. The summed E-state index contributed by atoms with van der Waals surface area (Å²) < 4.78 is 5.50. The van der Waals surface area contributed by atoms with Gasteiger partial charge in [-0.1, -0.05) is 6.92 Å². The van der Waals surface area contributed by atoms with Gasteiger partial charge in [0.25, 0.3) is 0 Å². The van der Waals surface area contributed by atoms with Gasteiger partial charge in [-0.05, 0) is 18.1 Å². The molecular weight excluding hydrogens is 244 g/mol. The molecule has 5 nitrogen and oxygen atoms in total. The molecule has 1 N–H and O–H groups in total. The molecule has 0 radical (unpaired) electrons. The Morgan fingerprint density at radius 3 is 2.95 bits per heavy atom. The second-order valence-corrected chi connectivity index (χ2v) is 4.97. The van der Waals surface area contributed by atoms with Gasteiger partial charge in [0.1, 0.15) is 5.52 Å². The average molecular weight is 262 g/mol. The standard InChI is InChI=1S/C14H18N2O3/c1-9(6-14(17)18)8-16(3)11-4-5-12-13(7-11)19-10(2)15-12/h4-5,7,9H,6,8H2,1-3H3,(H,17,18). The lowest BCUT2D eigenvalue weighted by Crippen LogP contribution is -2.25. The number of anilines is 1. The number of carboxylic acids is 1. The number of aliphatic carboxylic acids is 1. The van der Waals surface area contributed by atoms with Crippen molar-refractivity contribution in [2.45, 2.75) is 20.3 Å². The SMILES string of the molecule is Cc1nc2ccc(N(C)CC(C)CC(=O)O)cc2o1. The second kappa shape index (κ2) is 5.30. The minimum atomic E-state index is -0.762. The van der Waals surface area contributed by atoms with Crippen molar-refractivity contribution in [2.24, 2.45) is 5.92 Å². The maximum atomic E-state index is 10.7. The highest BCUT2D eigenvalue weighted by Crippen LogP contribution is 2.22. The first-order chi connectivity index (χ1) is 8.95. The number of benzene rings is 1. The van der Waals surface area contributed by atoms with Gasteiger partial charge in [-0.25, -0.2) is 4.98 Å². The Balaban J connectivity index is 2.12. The van der Waals surface area contributed by atoms with E-state index in [1.54, 1.807) is 0 Å². The first-order valence-electron chi connectivity index (χ1n) is 6.26. The molecule has 0 saturated carbocycles. The van der Waals surface area contributed by atoms with E-state index >= 15 is 0 Å². The Labute approximate surface area is 111 Å². The summed E-state index contributed by atoms with van der Waals surface area (Å²) in [5.41, 5.74) is 2.60. The van der Waals surface area contributed by atoms with Gasteiger partial charge in [-0.3, -0.25) is 4.79 Å². The summed E-state index contributed by atoms with van der Waals surface area (Å²) in [6, 6.07) is 5.82. The molecule has 1 atom stereocenters. The Hall–Kier alpha value is -2.04. The molecule has 1 heterocycles. The van der Waals surface area contributed by atoms with Crippen LogP contribution in [0.2, 0.25) is 0 Å². The molecule has 2 rings (SSSR count). The number of hydrogen-bond donors (Lipinski definition) is 1. The number of carbonyl (C=O) groups is 1. The molecule has 0 bridgehead atoms. The van der Waals surface area contributed by atoms with E-state index in [-0.39, 0.29) is 12.3 Å². The normalized spacial score (nSPS) is 12.6. The van der Waals surface area contributed by atoms with E-state index in [1.807, 2.05) is 44.0 Å². The molecule has 0 aliphatic rings. The van der Waals surface area contributed by atoms with Crippen molar-refractivity contribution in [1.29, 1.82) is 0 Å². The summed E-state index contributed by atoms with van der Waals surface area (Å²) in [7, 11) is 1.95. The molecule has 0 saturated heterocycles. The van der Waals surface area contributed by atoms with E-state index in [0.29, 0.717) is 12.4 Å². The van der Waals surface area contributed by atoms with Crippen LogP contribution in [0, 0.1) is 12.8 Å². The molecule has 0 spiro atoms. The summed E-state index contributed by atoms with van der Waals surface area (Å²) in [6.07, 6.45) is 0.175. The lowest BCUT2D eigenvalue weighted by atomic mass is 10.1. The molecule has 1 aromatic heterocycles. The van der Waals surface area contributed by atoms with Gasteiger partial charge >= 0.3 is 5.97 Å². The van der Waals surface area contributed by atoms with E-state index < -0.39 is 5.97 Å². The molecule has 1 unspecified atom stereocenters. The Morgan fingerprint density at radius 1 is 1.53 bits per heavy atom. The molecule has 2 aromatic rings. The Morgan fingerprint density at radius 2 is 2.26 bits per heavy atom. The van der Waals surface area contributed by atoms with Crippen molar-refractivity contribution in [3.05, 3.63) is 24.1 Å². The van der Waals surface area contributed by atoms with Crippen molar-refractivity contribution in [2.75, 3.05) is 18.5 Å². The van der Waals surface area contributed by atoms with Crippen LogP contribution in [0.4, 0.5) is 5.69 Å². The van der Waals surface area contributed by atoms with E-state index in [4.69, 9.17) is 9.52 Å². The van der Waals surface area contributed by atoms with Crippen LogP contribution in [-0.4, -0.2) is 29.7 Å². The predicted molar refractivity (Wildman–Crippen MR) is 73.4 cm³/mol. The zero-order chi connectivity index (χ0) is 14.0. The van der Waals surface area contributed by atoms with E-state index in [9.17, 15) is 4.79 Å². The molecule has 5 heteroatoms. The summed E-state index contributed by atoms with van der Waals surface area (Å²) in [6.45, 7) is 4.44. The van der Waals surface area contributed by atoms with E-state index in [0.717, 1.165) is 16.8 Å². The highest BCUT2D eigenvalue weighted by atomic mass is 16.4. The molecule has 1 aromatic carbocycles. The first-order valence-corrected chi connectivity index (χ1v) is 6.26. The highest BCUT2D eigenvalue weighted by molar-refractivity contribution is 5.77. The lowest BCUT2D eigenvalue weighted by molar-refractivity contribution is -0.137. The minimum Gasteiger partial charge on any atom is -0.481 e. The molecule has 102 valence electrons. The van der Waals surface area contributed by atoms with Gasteiger partial charge in [0.15, 0.2) is 11.5 Å². The number of carboxylic acid groups (broad SMARTS) is 1. The fourth-order valence-corrected chi connectivity index (χ4v) is 2.20. The van der Waals surface area contributed by atoms with Crippen LogP contribution >= 0.6 is 0 Å². The molecule has 19 heavy (non-hydrogen) atoms. The van der Waals surface area contributed by atoms with Crippen LogP contribution in [0.25, 0.3) is 11.1 Å². The number of rotatable bonds is 5. The van der Waals surface area contributed by atoms with Gasteiger partial charge in [0.05, 0.1) is 0 Å². The van der Waals surface area contributed by atoms with Gasteiger partial charge in [-0.2, -0.15) is 0 Å².